The normalized spacial score (nSPS) is 12.4. The molecule has 0 fully saturated rings. The minimum absolute atomic E-state index is 0.0651. The van der Waals surface area contributed by atoms with Crippen LogP contribution in [0, 0.1) is 0 Å². The van der Waals surface area contributed by atoms with Gasteiger partial charge in [0.1, 0.15) is 5.69 Å². The van der Waals surface area contributed by atoms with E-state index < -0.39 is 5.97 Å². The van der Waals surface area contributed by atoms with Crippen LogP contribution in [-0.2, 0) is 0 Å². The van der Waals surface area contributed by atoms with Crippen molar-refractivity contribution in [3.63, 3.8) is 0 Å². The lowest BCUT2D eigenvalue weighted by atomic mass is 10.2. The van der Waals surface area contributed by atoms with Crippen molar-refractivity contribution < 1.29 is 9.90 Å². The van der Waals surface area contributed by atoms with E-state index in [1.54, 1.807) is 12.1 Å². The van der Waals surface area contributed by atoms with E-state index in [2.05, 4.69) is 36.1 Å². The molecule has 1 atom stereocenters. The molecule has 0 spiro atoms. The van der Waals surface area contributed by atoms with E-state index in [0.29, 0.717) is 6.04 Å². The standard InChI is InChI=1S/C13H21N3O2/c1-4-10(2)16(3)8-7-14-11-5-6-15-12(9-11)13(17)18/h5-6,9-10H,4,7-8H2,1-3H3,(H,14,15)(H,17,18). The molecule has 0 amide bonds. The number of pyridine rings is 1. The third kappa shape index (κ3) is 4.33. The Kier molecular flexibility index (Phi) is 5.58. The Morgan fingerprint density at radius 1 is 1.61 bits per heavy atom. The number of rotatable bonds is 7. The summed E-state index contributed by atoms with van der Waals surface area (Å²) in [6.45, 7) is 6.05. The van der Waals surface area contributed by atoms with E-state index in [4.69, 9.17) is 5.11 Å². The van der Waals surface area contributed by atoms with E-state index in [1.807, 2.05) is 0 Å². The number of likely N-dealkylation sites (N-methyl/N-ethyl adjacent to an activating group) is 1. The average molecular weight is 251 g/mol. The van der Waals surface area contributed by atoms with Crippen LogP contribution >= 0.6 is 0 Å². The Morgan fingerprint density at radius 3 is 2.94 bits per heavy atom. The Hall–Kier alpha value is -1.62. The number of carboxylic acid groups (broad SMARTS) is 1. The third-order valence-electron chi connectivity index (χ3n) is 3.12. The molecule has 0 aliphatic rings. The van der Waals surface area contributed by atoms with Gasteiger partial charge in [-0.2, -0.15) is 0 Å². The average Bonchev–Trinajstić information content (AvgIpc) is 2.38. The van der Waals surface area contributed by atoms with Gasteiger partial charge in [-0.1, -0.05) is 6.92 Å². The van der Waals surface area contributed by atoms with Gasteiger partial charge in [-0.05, 0) is 32.5 Å². The molecule has 1 aromatic heterocycles. The summed E-state index contributed by atoms with van der Waals surface area (Å²) in [7, 11) is 2.09. The summed E-state index contributed by atoms with van der Waals surface area (Å²) in [5.41, 5.74) is 0.857. The third-order valence-corrected chi connectivity index (χ3v) is 3.12. The first-order chi connectivity index (χ1) is 8.54. The number of carbonyl (C=O) groups is 1. The van der Waals surface area contributed by atoms with Gasteiger partial charge in [-0.15, -0.1) is 0 Å². The lowest BCUT2D eigenvalue weighted by molar-refractivity contribution is 0.0690. The number of hydrogen-bond acceptors (Lipinski definition) is 4. The number of aromatic carboxylic acids is 1. The maximum absolute atomic E-state index is 10.8. The summed E-state index contributed by atoms with van der Waals surface area (Å²) >= 11 is 0. The molecular formula is C13H21N3O2. The van der Waals surface area contributed by atoms with Gasteiger partial charge in [0.05, 0.1) is 0 Å². The van der Waals surface area contributed by atoms with Crippen molar-refractivity contribution in [3.05, 3.63) is 24.0 Å². The van der Waals surface area contributed by atoms with Gasteiger partial charge in [-0.25, -0.2) is 9.78 Å². The Labute approximate surface area is 108 Å². The molecule has 1 heterocycles. The fraction of sp³-hybridized carbons (Fsp3) is 0.538. The molecule has 0 radical (unpaired) electrons. The molecule has 5 heteroatoms. The van der Waals surface area contributed by atoms with Crippen LogP contribution in [0.4, 0.5) is 5.69 Å². The van der Waals surface area contributed by atoms with Crippen molar-refractivity contribution in [1.29, 1.82) is 0 Å². The van der Waals surface area contributed by atoms with Crippen LogP contribution in [0.5, 0.6) is 0 Å². The highest BCUT2D eigenvalue weighted by Crippen LogP contribution is 2.08. The zero-order chi connectivity index (χ0) is 13.5. The van der Waals surface area contributed by atoms with Gasteiger partial charge >= 0.3 is 5.97 Å². The van der Waals surface area contributed by atoms with Crippen molar-refractivity contribution in [1.82, 2.24) is 9.88 Å². The fourth-order valence-corrected chi connectivity index (χ4v) is 1.57. The number of aromatic nitrogens is 1. The fourth-order valence-electron chi connectivity index (χ4n) is 1.57. The van der Waals surface area contributed by atoms with E-state index >= 15 is 0 Å². The van der Waals surface area contributed by atoms with Crippen LogP contribution in [0.1, 0.15) is 30.8 Å². The number of hydrogen-bond donors (Lipinski definition) is 2. The molecule has 0 aliphatic heterocycles. The maximum atomic E-state index is 10.8. The lowest BCUT2D eigenvalue weighted by Crippen LogP contribution is -2.32. The lowest BCUT2D eigenvalue weighted by Gasteiger charge is -2.23. The first-order valence-corrected chi connectivity index (χ1v) is 6.18. The first kappa shape index (κ1) is 14.4. The van der Waals surface area contributed by atoms with Gasteiger partial charge in [0, 0.05) is 31.0 Å². The highest BCUT2D eigenvalue weighted by Gasteiger charge is 2.07. The second-order valence-corrected chi connectivity index (χ2v) is 4.40. The molecule has 0 aliphatic carbocycles. The molecule has 1 aromatic rings. The van der Waals surface area contributed by atoms with Crippen LogP contribution in [0.25, 0.3) is 0 Å². The number of anilines is 1. The number of carboxylic acids is 1. The number of nitrogens with zero attached hydrogens (tertiary/aromatic N) is 2. The molecule has 5 nitrogen and oxygen atoms in total. The molecule has 2 N–H and O–H groups in total. The zero-order valence-corrected chi connectivity index (χ0v) is 11.2. The van der Waals surface area contributed by atoms with Crippen LogP contribution < -0.4 is 5.32 Å². The molecular weight excluding hydrogens is 230 g/mol. The van der Waals surface area contributed by atoms with Crippen molar-refractivity contribution in [3.8, 4) is 0 Å². The Bertz CT molecular complexity index is 396. The second-order valence-electron chi connectivity index (χ2n) is 4.40. The predicted octanol–water partition coefficient (Wildman–Crippen LogP) is 1.92. The smallest absolute Gasteiger partial charge is 0.354 e. The van der Waals surface area contributed by atoms with Gasteiger partial charge in [0.15, 0.2) is 0 Å². The highest BCUT2D eigenvalue weighted by atomic mass is 16.4. The van der Waals surface area contributed by atoms with E-state index in [0.717, 1.165) is 25.2 Å². The first-order valence-electron chi connectivity index (χ1n) is 6.18. The van der Waals surface area contributed by atoms with Crippen molar-refractivity contribution in [2.45, 2.75) is 26.3 Å². The SMILES string of the molecule is CCC(C)N(C)CCNc1ccnc(C(=O)O)c1. The van der Waals surface area contributed by atoms with E-state index in [-0.39, 0.29) is 5.69 Å². The summed E-state index contributed by atoms with van der Waals surface area (Å²) in [5.74, 6) is -1.00. The largest absolute Gasteiger partial charge is 0.477 e. The van der Waals surface area contributed by atoms with Gasteiger partial charge in [0.25, 0.3) is 0 Å². The molecule has 0 saturated carbocycles. The Balaban J connectivity index is 2.44. The molecule has 0 saturated heterocycles. The minimum atomic E-state index is -1.00. The van der Waals surface area contributed by atoms with Crippen LogP contribution in [-0.4, -0.2) is 47.1 Å². The summed E-state index contributed by atoms with van der Waals surface area (Å²) in [6, 6.07) is 3.88. The Morgan fingerprint density at radius 2 is 2.33 bits per heavy atom. The topological polar surface area (TPSA) is 65.5 Å². The summed E-state index contributed by atoms with van der Waals surface area (Å²) < 4.78 is 0. The van der Waals surface area contributed by atoms with Gasteiger partial charge in [-0.3, -0.25) is 0 Å². The van der Waals surface area contributed by atoms with Gasteiger partial charge < -0.3 is 15.3 Å². The van der Waals surface area contributed by atoms with Crippen molar-refractivity contribution in [2.75, 3.05) is 25.5 Å². The predicted molar refractivity (Wildman–Crippen MR) is 72.1 cm³/mol. The number of nitrogens with one attached hydrogen (secondary N) is 1. The molecule has 18 heavy (non-hydrogen) atoms. The molecule has 1 unspecified atom stereocenters. The maximum Gasteiger partial charge on any atom is 0.354 e. The monoisotopic (exact) mass is 251 g/mol. The second kappa shape index (κ2) is 6.96. The molecule has 1 rings (SSSR count). The summed E-state index contributed by atoms with van der Waals surface area (Å²) in [4.78, 5) is 16.8. The van der Waals surface area contributed by atoms with Crippen molar-refractivity contribution in [2.24, 2.45) is 0 Å². The molecule has 100 valence electrons. The van der Waals surface area contributed by atoms with E-state index in [1.165, 1.54) is 6.20 Å². The van der Waals surface area contributed by atoms with Crippen LogP contribution in [0.3, 0.4) is 0 Å². The summed E-state index contributed by atoms with van der Waals surface area (Å²) in [5, 5.41) is 12.0. The van der Waals surface area contributed by atoms with Gasteiger partial charge in [0.2, 0.25) is 0 Å². The van der Waals surface area contributed by atoms with Crippen LogP contribution in [0.2, 0.25) is 0 Å². The molecule has 0 bridgehead atoms. The van der Waals surface area contributed by atoms with Crippen LogP contribution in [0.15, 0.2) is 18.3 Å². The highest BCUT2D eigenvalue weighted by molar-refractivity contribution is 5.86. The quantitative estimate of drug-likeness (QED) is 0.775. The van der Waals surface area contributed by atoms with Crippen molar-refractivity contribution >= 4 is 11.7 Å². The minimum Gasteiger partial charge on any atom is -0.477 e. The van der Waals surface area contributed by atoms with E-state index in [9.17, 15) is 4.79 Å². The summed E-state index contributed by atoms with van der Waals surface area (Å²) in [6.07, 6.45) is 2.62. The zero-order valence-electron chi connectivity index (χ0n) is 11.2. The molecule has 0 aromatic carbocycles.